The summed E-state index contributed by atoms with van der Waals surface area (Å²) in [7, 11) is 0. The van der Waals surface area contributed by atoms with E-state index in [1.807, 2.05) is 30.3 Å². The molecule has 1 aromatic carbocycles. The average molecular weight is 298 g/mol. The lowest BCUT2D eigenvalue weighted by Crippen LogP contribution is -1.95. The molecule has 0 N–H and O–H groups in total. The number of rotatable bonds is 5. The first-order valence-electron chi connectivity index (χ1n) is 5.05. The molecular weight excluding hydrogens is 286 g/mol. The SMILES string of the molecule is BrCCc1csc(COc2ccccc2)n1. The third-order valence-corrected chi connectivity index (χ3v) is 3.32. The first-order valence-corrected chi connectivity index (χ1v) is 7.05. The van der Waals surface area contributed by atoms with Gasteiger partial charge in [0.15, 0.2) is 0 Å². The minimum atomic E-state index is 0.553. The highest BCUT2D eigenvalue weighted by Crippen LogP contribution is 2.15. The van der Waals surface area contributed by atoms with Gasteiger partial charge in [-0.1, -0.05) is 34.1 Å². The van der Waals surface area contributed by atoms with Crippen LogP contribution < -0.4 is 4.74 Å². The van der Waals surface area contributed by atoms with Gasteiger partial charge in [-0.3, -0.25) is 0 Å². The Balaban J connectivity index is 1.89. The number of hydrogen-bond acceptors (Lipinski definition) is 3. The maximum absolute atomic E-state index is 5.62. The fourth-order valence-corrected chi connectivity index (χ4v) is 2.43. The van der Waals surface area contributed by atoms with Gasteiger partial charge >= 0.3 is 0 Å². The first-order chi connectivity index (χ1) is 7.88. The molecule has 2 nitrogen and oxygen atoms in total. The summed E-state index contributed by atoms with van der Waals surface area (Å²) in [6.07, 6.45) is 0.974. The smallest absolute Gasteiger partial charge is 0.140 e. The van der Waals surface area contributed by atoms with E-state index in [1.165, 1.54) is 0 Å². The Morgan fingerprint density at radius 1 is 1.25 bits per heavy atom. The summed E-state index contributed by atoms with van der Waals surface area (Å²) >= 11 is 5.06. The molecule has 16 heavy (non-hydrogen) atoms. The highest BCUT2D eigenvalue weighted by Gasteiger charge is 2.02. The summed E-state index contributed by atoms with van der Waals surface area (Å²) in [5.74, 6) is 0.889. The molecule has 0 bridgehead atoms. The van der Waals surface area contributed by atoms with E-state index in [0.29, 0.717) is 6.61 Å². The van der Waals surface area contributed by atoms with Crippen LogP contribution in [0.15, 0.2) is 35.7 Å². The van der Waals surface area contributed by atoms with Crippen LogP contribution in [0.25, 0.3) is 0 Å². The lowest BCUT2D eigenvalue weighted by molar-refractivity contribution is 0.305. The Bertz CT molecular complexity index is 430. The van der Waals surface area contributed by atoms with Gasteiger partial charge in [0.2, 0.25) is 0 Å². The van der Waals surface area contributed by atoms with Gasteiger partial charge in [-0.25, -0.2) is 4.98 Å². The average Bonchev–Trinajstić information content (AvgIpc) is 2.76. The van der Waals surface area contributed by atoms with Crippen LogP contribution in [0.4, 0.5) is 0 Å². The van der Waals surface area contributed by atoms with Crippen LogP contribution in [0.5, 0.6) is 5.75 Å². The zero-order valence-electron chi connectivity index (χ0n) is 8.73. The summed E-state index contributed by atoms with van der Waals surface area (Å²) in [6.45, 7) is 0.553. The summed E-state index contributed by atoms with van der Waals surface area (Å²) < 4.78 is 5.62. The van der Waals surface area contributed by atoms with Gasteiger partial charge in [0.05, 0.1) is 5.69 Å². The van der Waals surface area contributed by atoms with Crippen molar-refractivity contribution in [1.82, 2.24) is 4.98 Å². The van der Waals surface area contributed by atoms with E-state index < -0.39 is 0 Å². The molecule has 0 atom stereocenters. The number of aromatic nitrogens is 1. The fraction of sp³-hybridized carbons (Fsp3) is 0.250. The van der Waals surface area contributed by atoms with Crippen molar-refractivity contribution in [2.75, 3.05) is 5.33 Å². The van der Waals surface area contributed by atoms with Gasteiger partial charge in [-0.2, -0.15) is 0 Å². The van der Waals surface area contributed by atoms with Crippen molar-refractivity contribution in [3.63, 3.8) is 0 Å². The van der Waals surface area contributed by atoms with Gasteiger partial charge in [0.1, 0.15) is 17.4 Å². The Labute approximate surface area is 107 Å². The summed E-state index contributed by atoms with van der Waals surface area (Å²) in [5.41, 5.74) is 1.13. The van der Waals surface area contributed by atoms with Crippen molar-refractivity contribution in [1.29, 1.82) is 0 Å². The maximum atomic E-state index is 5.62. The number of hydrogen-bond donors (Lipinski definition) is 0. The Kier molecular flexibility index (Phi) is 4.36. The second kappa shape index (κ2) is 6.01. The van der Waals surface area contributed by atoms with Gasteiger partial charge in [0, 0.05) is 17.1 Å². The second-order valence-electron chi connectivity index (χ2n) is 3.27. The zero-order valence-corrected chi connectivity index (χ0v) is 11.1. The highest BCUT2D eigenvalue weighted by atomic mass is 79.9. The second-order valence-corrected chi connectivity index (χ2v) is 5.01. The molecule has 0 aliphatic heterocycles. The van der Waals surface area contributed by atoms with Crippen LogP contribution in [0.2, 0.25) is 0 Å². The summed E-state index contributed by atoms with van der Waals surface area (Å²) in [6, 6.07) is 9.81. The van der Waals surface area contributed by atoms with Crippen LogP contribution in [-0.4, -0.2) is 10.3 Å². The topological polar surface area (TPSA) is 22.1 Å². The van der Waals surface area contributed by atoms with Crippen LogP contribution in [0.1, 0.15) is 10.7 Å². The van der Waals surface area contributed by atoms with Crippen molar-refractivity contribution in [2.45, 2.75) is 13.0 Å². The predicted molar refractivity (Wildman–Crippen MR) is 70.4 cm³/mol. The fourth-order valence-electron chi connectivity index (χ4n) is 1.29. The van der Waals surface area contributed by atoms with Crippen LogP contribution >= 0.6 is 27.3 Å². The van der Waals surface area contributed by atoms with Crippen molar-refractivity contribution in [2.24, 2.45) is 0 Å². The Hall–Kier alpha value is -0.870. The maximum Gasteiger partial charge on any atom is 0.140 e. The number of thiazole rings is 1. The lowest BCUT2D eigenvalue weighted by Gasteiger charge is -2.02. The summed E-state index contributed by atoms with van der Waals surface area (Å²) in [4.78, 5) is 4.48. The Morgan fingerprint density at radius 2 is 2.06 bits per heavy atom. The molecule has 2 aromatic rings. The largest absolute Gasteiger partial charge is 0.486 e. The van der Waals surface area contributed by atoms with Crippen molar-refractivity contribution < 1.29 is 4.74 Å². The molecule has 0 amide bonds. The van der Waals surface area contributed by atoms with Crippen LogP contribution in [0.3, 0.4) is 0 Å². The third kappa shape index (κ3) is 3.32. The molecule has 1 aromatic heterocycles. The molecule has 4 heteroatoms. The number of halogens is 1. The van der Waals surface area contributed by atoms with Gasteiger partial charge in [0.25, 0.3) is 0 Å². The molecule has 0 spiro atoms. The van der Waals surface area contributed by atoms with E-state index in [0.717, 1.165) is 28.2 Å². The number of ether oxygens (including phenoxy) is 1. The van der Waals surface area contributed by atoms with E-state index >= 15 is 0 Å². The normalized spacial score (nSPS) is 10.3. The zero-order chi connectivity index (χ0) is 11.2. The summed E-state index contributed by atoms with van der Waals surface area (Å²) in [5, 5.41) is 4.07. The molecule has 0 saturated carbocycles. The van der Waals surface area contributed by atoms with E-state index in [1.54, 1.807) is 11.3 Å². The molecule has 84 valence electrons. The van der Waals surface area contributed by atoms with E-state index in [4.69, 9.17) is 4.74 Å². The number of nitrogens with zero attached hydrogens (tertiary/aromatic N) is 1. The van der Waals surface area contributed by atoms with E-state index in [9.17, 15) is 0 Å². The third-order valence-electron chi connectivity index (χ3n) is 2.06. The van der Waals surface area contributed by atoms with Gasteiger partial charge < -0.3 is 4.74 Å². The number of para-hydroxylation sites is 1. The highest BCUT2D eigenvalue weighted by molar-refractivity contribution is 9.09. The van der Waals surface area contributed by atoms with Crippen LogP contribution in [-0.2, 0) is 13.0 Å². The molecule has 2 rings (SSSR count). The quantitative estimate of drug-likeness (QED) is 0.786. The molecule has 0 unspecified atom stereocenters. The molecular formula is C12H12BrNOS. The van der Waals surface area contributed by atoms with Crippen molar-refractivity contribution in [3.05, 3.63) is 46.4 Å². The molecule has 0 radical (unpaired) electrons. The van der Waals surface area contributed by atoms with Crippen molar-refractivity contribution >= 4 is 27.3 Å². The first kappa shape index (κ1) is 11.6. The van der Waals surface area contributed by atoms with Gasteiger partial charge in [-0.15, -0.1) is 11.3 Å². The van der Waals surface area contributed by atoms with E-state index in [-0.39, 0.29) is 0 Å². The molecule has 1 heterocycles. The molecule has 0 aliphatic carbocycles. The number of benzene rings is 1. The van der Waals surface area contributed by atoms with Gasteiger partial charge in [-0.05, 0) is 12.1 Å². The van der Waals surface area contributed by atoms with Crippen LogP contribution in [0, 0.1) is 0 Å². The number of aryl methyl sites for hydroxylation is 1. The number of alkyl halides is 1. The molecule has 0 saturated heterocycles. The Morgan fingerprint density at radius 3 is 2.81 bits per heavy atom. The van der Waals surface area contributed by atoms with E-state index in [2.05, 4.69) is 26.3 Å². The van der Waals surface area contributed by atoms with Crippen molar-refractivity contribution in [3.8, 4) is 5.75 Å². The minimum Gasteiger partial charge on any atom is -0.486 e. The monoisotopic (exact) mass is 297 g/mol. The standard InChI is InChI=1S/C12H12BrNOS/c13-7-6-10-9-16-12(14-10)8-15-11-4-2-1-3-5-11/h1-5,9H,6-8H2. The minimum absolute atomic E-state index is 0.553. The molecule has 0 fully saturated rings. The molecule has 0 aliphatic rings. The lowest BCUT2D eigenvalue weighted by atomic mass is 10.3. The predicted octanol–water partition coefficient (Wildman–Crippen LogP) is 3.66.